The highest BCUT2D eigenvalue weighted by molar-refractivity contribution is 5.94. The van der Waals surface area contributed by atoms with Crippen LogP contribution in [0, 0.1) is 6.92 Å². The van der Waals surface area contributed by atoms with Gasteiger partial charge in [-0.3, -0.25) is 4.79 Å². The maximum Gasteiger partial charge on any atom is 0.204 e. The molecule has 0 aliphatic rings. The summed E-state index contributed by atoms with van der Waals surface area (Å²) >= 11 is 0. The van der Waals surface area contributed by atoms with E-state index in [2.05, 4.69) is 0 Å². The van der Waals surface area contributed by atoms with E-state index in [0.717, 1.165) is 5.56 Å². The lowest BCUT2D eigenvalue weighted by Crippen LogP contribution is -2.05. The normalized spacial score (nSPS) is 11.1. The van der Waals surface area contributed by atoms with E-state index in [1.54, 1.807) is 31.4 Å². The number of methoxy groups -OCH3 is 2. The van der Waals surface area contributed by atoms with E-state index in [4.69, 9.17) is 13.9 Å². The van der Waals surface area contributed by atoms with Gasteiger partial charge in [0.2, 0.25) is 5.43 Å². The van der Waals surface area contributed by atoms with Crippen molar-refractivity contribution in [2.45, 2.75) is 13.5 Å². The van der Waals surface area contributed by atoms with Crippen molar-refractivity contribution in [1.29, 1.82) is 0 Å². The molecule has 114 valence electrons. The standard InChI is InChI=1S/C17H16O5/c1-9-4-13-11(7-12(9)20-2)17(19)16-14(21-3)5-10(8-18)6-15(16)22-13/h4-7,18H,8H2,1-3H3. The minimum absolute atomic E-state index is 0.157. The summed E-state index contributed by atoms with van der Waals surface area (Å²) in [6.07, 6.45) is 0. The molecule has 0 spiro atoms. The van der Waals surface area contributed by atoms with E-state index in [1.165, 1.54) is 7.11 Å². The summed E-state index contributed by atoms with van der Waals surface area (Å²) in [4.78, 5) is 12.8. The lowest BCUT2D eigenvalue weighted by Gasteiger charge is -2.10. The maximum atomic E-state index is 12.8. The van der Waals surface area contributed by atoms with E-state index < -0.39 is 0 Å². The van der Waals surface area contributed by atoms with Crippen molar-refractivity contribution in [3.05, 3.63) is 45.6 Å². The lowest BCUT2D eigenvalue weighted by molar-refractivity contribution is 0.281. The van der Waals surface area contributed by atoms with Gasteiger partial charge in [0.25, 0.3) is 0 Å². The van der Waals surface area contributed by atoms with Crippen molar-refractivity contribution in [2.24, 2.45) is 0 Å². The Bertz CT molecular complexity index is 924. The van der Waals surface area contributed by atoms with Gasteiger partial charge in [0.05, 0.1) is 26.2 Å². The number of hydrogen-bond acceptors (Lipinski definition) is 5. The van der Waals surface area contributed by atoms with Gasteiger partial charge in [-0.25, -0.2) is 0 Å². The maximum absolute atomic E-state index is 12.8. The molecule has 0 atom stereocenters. The van der Waals surface area contributed by atoms with E-state index >= 15 is 0 Å². The van der Waals surface area contributed by atoms with E-state index in [9.17, 15) is 9.90 Å². The number of benzene rings is 2. The van der Waals surface area contributed by atoms with Crippen LogP contribution in [0.2, 0.25) is 0 Å². The Balaban J connectivity index is 2.49. The molecule has 3 rings (SSSR count). The fourth-order valence-electron chi connectivity index (χ4n) is 2.60. The molecule has 0 saturated carbocycles. The second kappa shape index (κ2) is 5.35. The number of aliphatic hydroxyl groups is 1. The molecule has 0 aliphatic heterocycles. The molecule has 0 aliphatic carbocycles. The molecular formula is C17H16O5. The van der Waals surface area contributed by atoms with E-state index in [1.807, 2.05) is 6.92 Å². The summed E-state index contributed by atoms with van der Waals surface area (Å²) in [5.41, 5.74) is 2.19. The number of aliphatic hydroxyl groups excluding tert-OH is 1. The van der Waals surface area contributed by atoms with Crippen molar-refractivity contribution < 1.29 is 19.0 Å². The number of ether oxygens (including phenoxy) is 2. The predicted octanol–water partition coefficient (Wildman–Crippen LogP) is 2.76. The molecule has 1 heterocycles. The van der Waals surface area contributed by atoms with Gasteiger partial charge in [-0.2, -0.15) is 0 Å². The Labute approximate surface area is 126 Å². The molecule has 0 bridgehead atoms. The van der Waals surface area contributed by atoms with Crippen LogP contribution in [-0.2, 0) is 6.61 Å². The van der Waals surface area contributed by atoms with Crippen LogP contribution in [0.4, 0.5) is 0 Å². The molecule has 1 aromatic heterocycles. The molecule has 2 aromatic carbocycles. The van der Waals surface area contributed by atoms with Crippen LogP contribution >= 0.6 is 0 Å². The average molecular weight is 300 g/mol. The summed E-state index contributed by atoms with van der Waals surface area (Å²) in [6.45, 7) is 1.73. The quantitative estimate of drug-likeness (QED) is 0.753. The highest BCUT2D eigenvalue weighted by atomic mass is 16.5. The highest BCUT2D eigenvalue weighted by Gasteiger charge is 2.15. The first-order chi connectivity index (χ1) is 10.6. The molecule has 5 heteroatoms. The molecule has 22 heavy (non-hydrogen) atoms. The number of fused-ring (bicyclic) bond motifs is 2. The summed E-state index contributed by atoms with van der Waals surface area (Å²) in [6, 6.07) is 6.73. The van der Waals surface area contributed by atoms with Crippen LogP contribution < -0.4 is 14.9 Å². The Morgan fingerprint density at radius 1 is 1.05 bits per heavy atom. The zero-order chi connectivity index (χ0) is 15.9. The van der Waals surface area contributed by atoms with Crippen molar-refractivity contribution in [3.63, 3.8) is 0 Å². The molecule has 5 nitrogen and oxygen atoms in total. The predicted molar refractivity (Wildman–Crippen MR) is 83.8 cm³/mol. The van der Waals surface area contributed by atoms with E-state index in [0.29, 0.717) is 39.0 Å². The van der Waals surface area contributed by atoms with Gasteiger partial charge in [-0.05, 0) is 42.3 Å². The fraction of sp³-hybridized carbons (Fsp3) is 0.235. The molecule has 3 aromatic rings. The topological polar surface area (TPSA) is 68.9 Å². The Hall–Kier alpha value is -2.53. The fourth-order valence-corrected chi connectivity index (χ4v) is 2.60. The molecule has 1 N–H and O–H groups in total. The second-order valence-corrected chi connectivity index (χ2v) is 5.08. The van der Waals surface area contributed by atoms with Crippen LogP contribution in [0.1, 0.15) is 11.1 Å². The zero-order valence-corrected chi connectivity index (χ0v) is 12.6. The molecule has 0 fully saturated rings. The van der Waals surface area contributed by atoms with Gasteiger partial charge in [0.15, 0.2) is 0 Å². The Kier molecular flexibility index (Phi) is 3.50. The minimum Gasteiger partial charge on any atom is -0.496 e. The third-order valence-electron chi connectivity index (χ3n) is 3.72. The third kappa shape index (κ3) is 2.10. The second-order valence-electron chi connectivity index (χ2n) is 5.08. The summed E-state index contributed by atoms with van der Waals surface area (Å²) in [5, 5.41) is 10.1. The lowest BCUT2D eigenvalue weighted by atomic mass is 10.1. The number of rotatable bonds is 3. The number of hydrogen-bond donors (Lipinski definition) is 1. The monoisotopic (exact) mass is 300 g/mol. The summed E-state index contributed by atoms with van der Waals surface area (Å²) in [5.74, 6) is 1.02. The smallest absolute Gasteiger partial charge is 0.204 e. The SMILES string of the molecule is COc1cc2c(=O)c3c(OC)cc(CO)cc3oc2cc1C. The first-order valence-electron chi connectivity index (χ1n) is 6.82. The Morgan fingerprint density at radius 3 is 2.41 bits per heavy atom. The van der Waals surface area contributed by atoms with Crippen LogP contribution in [0.15, 0.2) is 33.5 Å². The Morgan fingerprint density at radius 2 is 1.77 bits per heavy atom. The van der Waals surface area contributed by atoms with Gasteiger partial charge in [-0.1, -0.05) is 0 Å². The summed E-state index contributed by atoms with van der Waals surface area (Å²) < 4.78 is 16.4. The van der Waals surface area contributed by atoms with Gasteiger partial charge < -0.3 is 19.0 Å². The third-order valence-corrected chi connectivity index (χ3v) is 3.72. The molecule has 0 radical (unpaired) electrons. The van der Waals surface area contributed by atoms with Crippen LogP contribution in [0.3, 0.4) is 0 Å². The van der Waals surface area contributed by atoms with Crippen LogP contribution in [0.25, 0.3) is 21.9 Å². The van der Waals surface area contributed by atoms with Crippen molar-refractivity contribution in [3.8, 4) is 11.5 Å². The van der Waals surface area contributed by atoms with Crippen molar-refractivity contribution in [1.82, 2.24) is 0 Å². The minimum atomic E-state index is -0.184. The molecular weight excluding hydrogens is 284 g/mol. The molecule has 0 unspecified atom stereocenters. The first-order valence-corrected chi connectivity index (χ1v) is 6.82. The van der Waals surface area contributed by atoms with Crippen molar-refractivity contribution in [2.75, 3.05) is 14.2 Å². The van der Waals surface area contributed by atoms with Gasteiger partial charge in [0, 0.05) is 0 Å². The van der Waals surface area contributed by atoms with Crippen LogP contribution in [0.5, 0.6) is 11.5 Å². The van der Waals surface area contributed by atoms with Gasteiger partial charge in [-0.15, -0.1) is 0 Å². The van der Waals surface area contributed by atoms with Crippen molar-refractivity contribution >= 4 is 21.9 Å². The number of aryl methyl sites for hydroxylation is 1. The average Bonchev–Trinajstić information content (AvgIpc) is 2.53. The zero-order valence-electron chi connectivity index (χ0n) is 12.6. The summed E-state index contributed by atoms with van der Waals surface area (Å²) in [7, 11) is 3.04. The molecule has 0 amide bonds. The molecule has 0 saturated heterocycles. The highest BCUT2D eigenvalue weighted by Crippen LogP contribution is 2.30. The first kappa shape index (κ1) is 14.4. The van der Waals surface area contributed by atoms with Gasteiger partial charge >= 0.3 is 0 Å². The van der Waals surface area contributed by atoms with Crippen LogP contribution in [-0.4, -0.2) is 19.3 Å². The van der Waals surface area contributed by atoms with Gasteiger partial charge in [0.1, 0.15) is 28.1 Å². The largest absolute Gasteiger partial charge is 0.496 e. The van der Waals surface area contributed by atoms with E-state index in [-0.39, 0.29) is 12.0 Å².